The average molecular weight is 354 g/mol. The highest BCUT2D eigenvalue weighted by atomic mass is 32.2. The van der Waals surface area contributed by atoms with Gasteiger partial charge in [0.25, 0.3) is 0 Å². The van der Waals surface area contributed by atoms with Crippen molar-refractivity contribution < 1.29 is 17.9 Å². The predicted octanol–water partition coefficient (Wildman–Crippen LogP) is 0.0832. The lowest BCUT2D eigenvalue weighted by Crippen LogP contribution is -2.47. The van der Waals surface area contributed by atoms with Crippen LogP contribution >= 0.6 is 0 Å². The third kappa shape index (κ3) is 4.21. The summed E-state index contributed by atoms with van der Waals surface area (Å²) in [5.41, 5.74) is -0.405. The van der Waals surface area contributed by atoms with E-state index in [1.54, 1.807) is 23.4 Å². The van der Waals surface area contributed by atoms with E-state index in [0.29, 0.717) is 25.6 Å². The highest BCUT2D eigenvalue weighted by Gasteiger charge is 2.45. The van der Waals surface area contributed by atoms with Gasteiger partial charge in [0.2, 0.25) is 11.9 Å². The summed E-state index contributed by atoms with van der Waals surface area (Å²) in [6.45, 7) is 1.57. The summed E-state index contributed by atoms with van der Waals surface area (Å²) in [6.07, 6.45) is 6.76. The predicted molar refractivity (Wildman–Crippen MR) is 88.3 cm³/mol. The maximum absolute atomic E-state index is 12.1. The third-order valence-corrected chi connectivity index (χ3v) is 5.22. The number of sulfone groups is 1. The van der Waals surface area contributed by atoms with Crippen molar-refractivity contribution in [3.8, 4) is 0 Å². The van der Waals surface area contributed by atoms with Gasteiger partial charge in [0, 0.05) is 44.4 Å². The number of nitrogens with one attached hydrogen (secondary N) is 1. The first-order chi connectivity index (χ1) is 11.4. The molecule has 2 saturated heterocycles. The van der Waals surface area contributed by atoms with E-state index in [9.17, 15) is 13.2 Å². The Labute approximate surface area is 141 Å². The molecule has 8 nitrogen and oxygen atoms in total. The van der Waals surface area contributed by atoms with Gasteiger partial charge in [-0.2, -0.15) is 0 Å². The fourth-order valence-corrected chi connectivity index (χ4v) is 4.00. The Hall–Kier alpha value is -1.74. The molecule has 1 N–H and O–H groups in total. The topological polar surface area (TPSA) is 101 Å². The van der Waals surface area contributed by atoms with Crippen LogP contribution in [0, 0.1) is 0 Å². The quantitative estimate of drug-likeness (QED) is 0.817. The van der Waals surface area contributed by atoms with E-state index in [-0.39, 0.29) is 11.9 Å². The van der Waals surface area contributed by atoms with Crippen LogP contribution < -0.4 is 5.32 Å². The molecule has 2 aliphatic rings. The molecule has 0 bridgehead atoms. The van der Waals surface area contributed by atoms with Crippen molar-refractivity contribution in [3.05, 3.63) is 18.5 Å². The van der Waals surface area contributed by atoms with E-state index >= 15 is 0 Å². The van der Waals surface area contributed by atoms with Crippen LogP contribution in [0.25, 0.3) is 0 Å². The van der Waals surface area contributed by atoms with Crippen molar-refractivity contribution in [2.45, 2.75) is 30.9 Å². The first-order valence-electron chi connectivity index (χ1n) is 7.98. The molecule has 0 radical (unpaired) electrons. The Balaban J connectivity index is 1.61. The van der Waals surface area contributed by atoms with Gasteiger partial charge >= 0.3 is 0 Å². The lowest BCUT2D eigenvalue weighted by Gasteiger charge is -2.38. The maximum atomic E-state index is 12.1. The first kappa shape index (κ1) is 17.1. The molecule has 3 rings (SSSR count). The number of anilines is 1. The van der Waals surface area contributed by atoms with Crippen LogP contribution in [0.15, 0.2) is 18.5 Å². The number of aromatic nitrogens is 2. The smallest absolute Gasteiger partial charge is 0.237 e. The van der Waals surface area contributed by atoms with Crippen molar-refractivity contribution >= 4 is 21.7 Å². The molecule has 1 spiro atoms. The van der Waals surface area contributed by atoms with E-state index in [1.807, 2.05) is 0 Å². The largest absolute Gasteiger partial charge is 0.373 e. The molecule has 1 aromatic heterocycles. The number of ether oxygens (including phenoxy) is 1. The Morgan fingerprint density at radius 3 is 2.92 bits per heavy atom. The summed E-state index contributed by atoms with van der Waals surface area (Å²) in [7, 11) is -3.32. The summed E-state index contributed by atoms with van der Waals surface area (Å²) in [5, 5.41) is 3.31. The Morgan fingerprint density at radius 1 is 1.46 bits per heavy atom. The highest BCUT2D eigenvalue weighted by Crippen LogP contribution is 2.35. The second kappa shape index (κ2) is 6.64. The fraction of sp³-hybridized carbons (Fsp3) is 0.667. The molecule has 1 aromatic rings. The minimum absolute atomic E-state index is 0.172. The molecule has 2 fully saturated rings. The van der Waals surface area contributed by atoms with Crippen LogP contribution in [-0.2, 0) is 19.4 Å². The standard InChI is InChI=1S/C15H22N4O4S/c1-24(21,22)10-13(20)19-7-4-15(11-19)9-12(3-8-23-15)18-14-16-5-2-6-17-14/h2,5-6,12H,3-4,7-11H2,1H3,(H,16,17,18)/t12-,15-/m0/s1. The molecule has 0 saturated carbocycles. The van der Waals surface area contributed by atoms with Crippen LogP contribution in [0.2, 0.25) is 0 Å². The summed E-state index contributed by atoms with van der Waals surface area (Å²) in [4.78, 5) is 22.1. The van der Waals surface area contributed by atoms with Crippen molar-refractivity contribution in [1.82, 2.24) is 14.9 Å². The average Bonchev–Trinajstić information content (AvgIpc) is 2.90. The van der Waals surface area contributed by atoms with Gasteiger partial charge in [0.15, 0.2) is 9.84 Å². The van der Waals surface area contributed by atoms with E-state index in [0.717, 1.165) is 25.5 Å². The van der Waals surface area contributed by atoms with Gasteiger partial charge in [-0.25, -0.2) is 18.4 Å². The molecule has 3 heterocycles. The van der Waals surface area contributed by atoms with Gasteiger partial charge in [-0.15, -0.1) is 0 Å². The molecule has 24 heavy (non-hydrogen) atoms. The number of likely N-dealkylation sites (tertiary alicyclic amines) is 1. The maximum Gasteiger partial charge on any atom is 0.237 e. The van der Waals surface area contributed by atoms with E-state index in [1.165, 1.54) is 0 Å². The molecule has 0 unspecified atom stereocenters. The lowest BCUT2D eigenvalue weighted by atomic mass is 9.89. The SMILES string of the molecule is CS(=O)(=O)CC(=O)N1CC[C@]2(C[C@@H](Nc3ncccn3)CCO2)C1. The summed E-state index contributed by atoms with van der Waals surface area (Å²) < 4.78 is 28.6. The summed E-state index contributed by atoms with van der Waals surface area (Å²) >= 11 is 0. The van der Waals surface area contributed by atoms with Crippen LogP contribution in [-0.4, -0.2) is 72.5 Å². The van der Waals surface area contributed by atoms with Crippen LogP contribution in [0.1, 0.15) is 19.3 Å². The number of nitrogens with zero attached hydrogens (tertiary/aromatic N) is 3. The van der Waals surface area contributed by atoms with Crippen molar-refractivity contribution in [2.24, 2.45) is 0 Å². The fourth-order valence-electron chi connectivity index (χ4n) is 3.36. The number of amides is 1. The summed E-state index contributed by atoms with van der Waals surface area (Å²) in [5.74, 6) is -0.204. The lowest BCUT2D eigenvalue weighted by molar-refractivity contribution is -0.130. The molecular weight excluding hydrogens is 332 g/mol. The Morgan fingerprint density at radius 2 is 2.21 bits per heavy atom. The second-order valence-electron chi connectivity index (χ2n) is 6.57. The Kier molecular flexibility index (Phi) is 4.73. The number of carbonyl (C=O) groups excluding carboxylic acids is 1. The van der Waals surface area contributed by atoms with E-state index < -0.39 is 21.2 Å². The molecule has 2 atom stereocenters. The molecule has 132 valence electrons. The minimum Gasteiger partial charge on any atom is -0.373 e. The number of rotatable bonds is 4. The van der Waals surface area contributed by atoms with Crippen LogP contribution in [0.4, 0.5) is 5.95 Å². The third-order valence-electron chi connectivity index (χ3n) is 4.45. The van der Waals surface area contributed by atoms with Gasteiger partial charge in [0.1, 0.15) is 5.75 Å². The second-order valence-corrected chi connectivity index (χ2v) is 8.71. The van der Waals surface area contributed by atoms with Crippen molar-refractivity contribution in [3.63, 3.8) is 0 Å². The molecule has 1 amide bonds. The highest BCUT2D eigenvalue weighted by molar-refractivity contribution is 7.91. The summed E-state index contributed by atoms with van der Waals surface area (Å²) in [6, 6.07) is 1.94. The zero-order valence-electron chi connectivity index (χ0n) is 13.6. The zero-order valence-corrected chi connectivity index (χ0v) is 14.5. The van der Waals surface area contributed by atoms with Crippen LogP contribution in [0.5, 0.6) is 0 Å². The van der Waals surface area contributed by atoms with Gasteiger partial charge < -0.3 is 15.0 Å². The normalized spacial score (nSPS) is 27.4. The first-order valence-corrected chi connectivity index (χ1v) is 10.0. The molecule has 0 aliphatic carbocycles. The van der Waals surface area contributed by atoms with Crippen LogP contribution in [0.3, 0.4) is 0 Å². The van der Waals surface area contributed by atoms with Gasteiger partial charge in [0.05, 0.1) is 5.60 Å². The minimum atomic E-state index is -3.32. The van der Waals surface area contributed by atoms with E-state index in [4.69, 9.17) is 4.74 Å². The monoisotopic (exact) mass is 354 g/mol. The van der Waals surface area contributed by atoms with Crippen molar-refractivity contribution in [2.75, 3.05) is 37.0 Å². The molecular formula is C15H22N4O4S. The number of hydrogen-bond acceptors (Lipinski definition) is 7. The van der Waals surface area contributed by atoms with Gasteiger partial charge in [-0.1, -0.05) is 0 Å². The Bertz CT molecular complexity index is 697. The molecule has 0 aromatic carbocycles. The molecule has 9 heteroatoms. The van der Waals surface area contributed by atoms with Gasteiger partial charge in [-0.05, 0) is 25.3 Å². The number of carbonyl (C=O) groups is 1. The number of hydrogen-bond donors (Lipinski definition) is 1. The van der Waals surface area contributed by atoms with E-state index in [2.05, 4.69) is 15.3 Å². The van der Waals surface area contributed by atoms with Gasteiger partial charge in [-0.3, -0.25) is 4.79 Å². The molecule has 2 aliphatic heterocycles. The zero-order chi connectivity index (χ0) is 17.2. The van der Waals surface area contributed by atoms with Crippen molar-refractivity contribution in [1.29, 1.82) is 0 Å².